The zero-order valence-electron chi connectivity index (χ0n) is 40.2. The number of carbonyl (C=O) groups excluding carboxylic acids is 2. The van der Waals surface area contributed by atoms with E-state index in [0.29, 0.717) is 41.5 Å². The van der Waals surface area contributed by atoms with E-state index in [9.17, 15) is 18.8 Å². The van der Waals surface area contributed by atoms with Gasteiger partial charge in [0.15, 0.2) is 5.78 Å². The van der Waals surface area contributed by atoms with Gasteiger partial charge in [0, 0.05) is 107 Å². The Balaban J connectivity index is 0.636. The number of Topliss-reactive ketones (excluding diaryl/α,β-unsaturated/α-hetero) is 1. The van der Waals surface area contributed by atoms with Crippen LogP contribution >= 0.6 is 0 Å². The minimum absolute atomic E-state index is 0.00941. The van der Waals surface area contributed by atoms with Crippen molar-refractivity contribution in [2.45, 2.75) is 90.1 Å². The largest absolute Gasteiger partial charge is 0.369 e. The first kappa shape index (κ1) is 47.8. The first-order valence-corrected chi connectivity index (χ1v) is 25.1. The number of unbranched alkanes of at least 4 members (excludes halogenated alkanes) is 3. The predicted octanol–water partition coefficient (Wildman–Crippen LogP) is 6.19. The van der Waals surface area contributed by atoms with Gasteiger partial charge >= 0.3 is 0 Å². The maximum absolute atomic E-state index is 13.9. The lowest BCUT2D eigenvalue weighted by Crippen LogP contribution is -2.49. The van der Waals surface area contributed by atoms with E-state index in [4.69, 9.17) is 4.98 Å². The van der Waals surface area contributed by atoms with E-state index in [1.807, 2.05) is 24.4 Å². The van der Waals surface area contributed by atoms with Crippen molar-refractivity contribution in [2.75, 3.05) is 110 Å². The molecule has 1 saturated carbocycles. The Morgan fingerprint density at radius 2 is 1.54 bits per heavy atom. The van der Waals surface area contributed by atoms with Gasteiger partial charge in [0.2, 0.25) is 11.9 Å². The summed E-state index contributed by atoms with van der Waals surface area (Å²) >= 11 is 0. The minimum atomic E-state index is -0.273. The van der Waals surface area contributed by atoms with Crippen molar-refractivity contribution >= 4 is 57.5 Å². The SMILES string of the molecule is CC(=O)c1c(C)c2cnc(Nc3ccc(N4CCN(CC(=O)NCCCCCCN5CCN(c6cc(N[C@@H]7CCCN(c8cccc(F)c8)C7)ncn6)CC5)CC4)cn3)nc2n(C2CCCC2)c1=O. The lowest BCUT2D eigenvalue weighted by Gasteiger charge is -2.36. The van der Waals surface area contributed by atoms with Crippen LogP contribution in [-0.4, -0.2) is 142 Å². The third-order valence-corrected chi connectivity index (χ3v) is 14.4. The number of amides is 1. The van der Waals surface area contributed by atoms with Gasteiger partial charge in [0.1, 0.15) is 35.2 Å². The molecule has 3 N–H and O–H groups in total. The first-order chi connectivity index (χ1) is 33.6. The summed E-state index contributed by atoms with van der Waals surface area (Å²) in [6.45, 7) is 14.2. The Morgan fingerprint density at radius 3 is 2.30 bits per heavy atom. The summed E-state index contributed by atoms with van der Waals surface area (Å²) in [7, 11) is 0. The third kappa shape index (κ3) is 12.0. The topological polar surface area (TPSA) is 173 Å². The van der Waals surface area contributed by atoms with Crippen LogP contribution in [0.5, 0.6) is 0 Å². The van der Waals surface area contributed by atoms with Crippen LogP contribution in [0.25, 0.3) is 11.0 Å². The molecule has 3 saturated heterocycles. The molecule has 4 aliphatic rings. The number of aromatic nitrogens is 6. The molecule has 69 heavy (non-hydrogen) atoms. The molecular formula is C51H67FN14O3. The van der Waals surface area contributed by atoms with Gasteiger partial charge < -0.3 is 30.7 Å². The second-order valence-electron chi connectivity index (χ2n) is 19.2. The zero-order valence-corrected chi connectivity index (χ0v) is 40.2. The fraction of sp³-hybridized carbons (Fsp3) is 0.529. The number of piperidine rings is 1. The molecule has 7 heterocycles. The summed E-state index contributed by atoms with van der Waals surface area (Å²) in [5, 5.41) is 10.7. The van der Waals surface area contributed by atoms with Crippen LogP contribution in [0.2, 0.25) is 0 Å². The van der Waals surface area contributed by atoms with E-state index < -0.39 is 0 Å². The van der Waals surface area contributed by atoms with E-state index >= 15 is 0 Å². The van der Waals surface area contributed by atoms with Crippen LogP contribution in [0.15, 0.2) is 66.0 Å². The van der Waals surface area contributed by atoms with E-state index in [-0.39, 0.29) is 40.7 Å². The molecule has 0 unspecified atom stereocenters. The fourth-order valence-electron chi connectivity index (χ4n) is 10.5. The molecular weight excluding hydrogens is 876 g/mol. The number of halogens is 1. The lowest BCUT2D eigenvalue weighted by molar-refractivity contribution is -0.122. The van der Waals surface area contributed by atoms with Crippen LogP contribution in [0, 0.1) is 12.7 Å². The fourth-order valence-corrected chi connectivity index (χ4v) is 10.5. The highest BCUT2D eigenvalue weighted by Crippen LogP contribution is 2.32. The molecule has 366 valence electrons. The summed E-state index contributed by atoms with van der Waals surface area (Å²) in [5.41, 5.74) is 3.03. The van der Waals surface area contributed by atoms with Crippen molar-refractivity contribution in [3.05, 3.63) is 88.5 Å². The van der Waals surface area contributed by atoms with Crippen LogP contribution in [0.4, 0.5) is 39.2 Å². The number of piperazine rings is 2. The van der Waals surface area contributed by atoms with Crippen molar-refractivity contribution in [3.63, 3.8) is 0 Å². The number of hydrogen-bond acceptors (Lipinski definition) is 15. The Bertz CT molecular complexity index is 2610. The van der Waals surface area contributed by atoms with E-state index in [0.717, 1.165) is 159 Å². The molecule has 1 aliphatic carbocycles. The highest BCUT2D eigenvalue weighted by molar-refractivity contribution is 5.99. The van der Waals surface area contributed by atoms with Gasteiger partial charge in [-0.3, -0.25) is 28.8 Å². The van der Waals surface area contributed by atoms with Gasteiger partial charge in [0.05, 0.1) is 24.0 Å². The molecule has 0 radical (unpaired) electrons. The Labute approximate surface area is 403 Å². The summed E-state index contributed by atoms with van der Waals surface area (Å²) < 4.78 is 15.6. The Morgan fingerprint density at radius 1 is 0.754 bits per heavy atom. The van der Waals surface area contributed by atoms with E-state index in [2.05, 4.69) is 66.5 Å². The van der Waals surface area contributed by atoms with Crippen molar-refractivity contribution < 1.29 is 14.0 Å². The smallest absolute Gasteiger partial charge is 0.263 e. The monoisotopic (exact) mass is 943 g/mol. The van der Waals surface area contributed by atoms with Crippen molar-refractivity contribution in [2.24, 2.45) is 0 Å². The van der Waals surface area contributed by atoms with E-state index in [1.165, 1.54) is 13.0 Å². The number of nitrogens with one attached hydrogen (secondary N) is 3. The molecule has 1 atom stereocenters. The highest BCUT2D eigenvalue weighted by atomic mass is 19.1. The molecule has 4 aromatic heterocycles. The number of hydrogen-bond donors (Lipinski definition) is 3. The molecule has 1 amide bonds. The maximum atomic E-state index is 13.9. The standard InChI is InChI=1S/C51H67FN14O3/c1-36-43-32-55-51(60-49(43)66(40-13-5-6-14-40)50(69)48(36)37(2)67)59-44-17-16-42(31-54-44)63-25-23-62(24-26-63)34-47(68)53-18-7-3-4-8-19-61-21-27-64(28-22-61)46-30-45(56-35-57-46)58-39-12-10-20-65(33-39)41-15-9-11-38(52)29-41/h9,11,15-17,29-32,35,39-40H,3-8,10,12-14,18-28,33-34H2,1-2H3,(H,53,68)(H,56,57,58)(H,54,55,59,60)/t39-/m1/s1. The Kier molecular flexibility index (Phi) is 15.5. The summed E-state index contributed by atoms with van der Waals surface area (Å²) in [6.07, 6.45) is 15.5. The van der Waals surface area contributed by atoms with Gasteiger partial charge in [-0.1, -0.05) is 31.7 Å². The number of rotatable bonds is 18. The average Bonchev–Trinajstić information content (AvgIpc) is 3.89. The van der Waals surface area contributed by atoms with Crippen LogP contribution in [0.3, 0.4) is 0 Å². The molecule has 18 heteroatoms. The predicted molar refractivity (Wildman–Crippen MR) is 270 cm³/mol. The van der Waals surface area contributed by atoms with Crippen molar-refractivity contribution in [1.29, 1.82) is 0 Å². The van der Waals surface area contributed by atoms with E-state index in [1.54, 1.807) is 36.1 Å². The molecule has 4 fully saturated rings. The number of aryl methyl sites for hydroxylation is 1. The second kappa shape index (κ2) is 22.4. The van der Waals surface area contributed by atoms with Gasteiger partial charge in [-0.05, 0) is 94.8 Å². The molecule has 0 spiro atoms. The number of fused-ring (bicyclic) bond motifs is 1. The molecule has 0 bridgehead atoms. The quantitative estimate of drug-likeness (QED) is 0.0671. The number of pyridine rings is 2. The number of benzene rings is 1. The van der Waals surface area contributed by atoms with Gasteiger partial charge in [-0.25, -0.2) is 24.3 Å². The maximum Gasteiger partial charge on any atom is 0.263 e. The average molecular weight is 943 g/mol. The van der Waals surface area contributed by atoms with Crippen LogP contribution in [-0.2, 0) is 4.79 Å². The van der Waals surface area contributed by atoms with Crippen LogP contribution < -0.4 is 36.2 Å². The number of anilines is 6. The number of nitrogens with zero attached hydrogens (tertiary/aromatic N) is 11. The van der Waals surface area contributed by atoms with Crippen LogP contribution in [0.1, 0.15) is 93.1 Å². The molecule has 17 nitrogen and oxygen atoms in total. The Hall–Kier alpha value is -6.27. The lowest BCUT2D eigenvalue weighted by atomic mass is 10.0. The molecule has 1 aromatic carbocycles. The van der Waals surface area contributed by atoms with Crippen molar-refractivity contribution in [3.8, 4) is 0 Å². The van der Waals surface area contributed by atoms with Crippen molar-refractivity contribution in [1.82, 2.24) is 44.6 Å². The molecule has 3 aliphatic heterocycles. The first-order valence-electron chi connectivity index (χ1n) is 25.1. The van der Waals surface area contributed by atoms with Gasteiger partial charge in [-0.2, -0.15) is 4.98 Å². The van der Waals surface area contributed by atoms with Gasteiger partial charge in [0.25, 0.3) is 5.56 Å². The molecule has 9 rings (SSSR count). The summed E-state index contributed by atoms with van der Waals surface area (Å²) in [4.78, 5) is 73.6. The minimum Gasteiger partial charge on any atom is -0.369 e. The number of carbonyl (C=O) groups is 2. The highest BCUT2D eigenvalue weighted by Gasteiger charge is 2.27. The summed E-state index contributed by atoms with van der Waals surface area (Å²) in [6, 6.07) is 13.1. The normalized spacial score (nSPS) is 18.5. The number of ketones is 1. The third-order valence-electron chi connectivity index (χ3n) is 14.4. The second-order valence-corrected chi connectivity index (χ2v) is 19.2. The zero-order chi connectivity index (χ0) is 47.7. The molecule has 5 aromatic rings. The van der Waals surface area contributed by atoms with Gasteiger partial charge in [-0.15, -0.1) is 0 Å². The summed E-state index contributed by atoms with van der Waals surface area (Å²) in [5.74, 6) is 2.36.